The lowest BCUT2D eigenvalue weighted by Gasteiger charge is -2.32. The van der Waals surface area contributed by atoms with Crippen LogP contribution in [0.4, 0.5) is 0 Å². The van der Waals surface area contributed by atoms with Crippen molar-refractivity contribution in [1.29, 1.82) is 0 Å². The van der Waals surface area contributed by atoms with Crippen LogP contribution in [0.1, 0.15) is 30.3 Å². The summed E-state index contributed by atoms with van der Waals surface area (Å²) in [4.78, 5) is 14.4. The van der Waals surface area contributed by atoms with Crippen molar-refractivity contribution in [2.75, 3.05) is 13.1 Å². The first-order valence-electron chi connectivity index (χ1n) is 7.90. The summed E-state index contributed by atoms with van der Waals surface area (Å²) in [5.41, 5.74) is 0.657. The third-order valence-corrected chi connectivity index (χ3v) is 4.33. The van der Waals surface area contributed by atoms with Crippen molar-refractivity contribution in [3.05, 3.63) is 47.2 Å². The average Bonchev–Trinajstić information content (AvgIpc) is 3.06. The molecule has 2 heterocycles. The molecule has 0 saturated carbocycles. The molecule has 122 valence electrons. The second-order valence-electron chi connectivity index (χ2n) is 5.60. The van der Waals surface area contributed by atoms with Gasteiger partial charge in [-0.25, -0.2) is 0 Å². The van der Waals surface area contributed by atoms with E-state index in [1.807, 2.05) is 36.1 Å². The number of nitrogens with zero attached hydrogens (tertiary/aromatic N) is 3. The van der Waals surface area contributed by atoms with Crippen molar-refractivity contribution in [2.24, 2.45) is 0 Å². The number of piperidine rings is 1. The Labute approximate surface area is 140 Å². The van der Waals surface area contributed by atoms with E-state index in [-0.39, 0.29) is 12.0 Å². The minimum atomic E-state index is 0.0503. The molecule has 2 aromatic rings. The van der Waals surface area contributed by atoms with E-state index in [4.69, 9.17) is 16.3 Å². The van der Waals surface area contributed by atoms with E-state index in [0.717, 1.165) is 18.6 Å². The molecule has 0 aliphatic carbocycles. The van der Waals surface area contributed by atoms with Crippen molar-refractivity contribution >= 4 is 17.5 Å². The van der Waals surface area contributed by atoms with Gasteiger partial charge < -0.3 is 9.64 Å². The Bertz CT molecular complexity index is 661. The van der Waals surface area contributed by atoms with E-state index < -0.39 is 0 Å². The van der Waals surface area contributed by atoms with Gasteiger partial charge in [0.2, 0.25) is 0 Å². The third kappa shape index (κ3) is 3.67. The predicted octanol–water partition coefficient (Wildman–Crippen LogP) is 3.24. The molecule has 1 aromatic heterocycles. The first-order valence-corrected chi connectivity index (χ1v) is 8.28. The summed E-state index contributed by atoms with van der Waals surface area (Å²) in [6.07, 6.45) is 3.47. The maximum Gasteiger partial charge on any atom is 0.272 e. The lowest BCUT2D eigenvalue weighted by atomic mass is 10.1. The van der Waals surface area contributed by atoms with Crippen LogP contribution >= 0.6 is 11.6 Å². The van der Waals surface area contributed by atoms with Gasteiger partial charge in [0.1, 0.15) is 17.5 Å². The monoisotopic (exact) mass is 333 g/mol. The van der Waals surface area contributed by atoms with E-state index in [1.165, 1.54) is 0 Å². The van der Waals surface area contributed by atoms with Gasteiger partial charge in [-0.2, -0.15) is 5.10 Å². The molecule has 0 N–H and O–H groups in total. The molecule has 1 aromatic carbocycles. The van der Waals surface area contributed by atoms with Gasteiger partial charge in [0.25, 0.3) is 5.91 Å². The molecule has 3 rings (SSSR count). The summed E-state index contributed by atoms with van der Waals surface area (Å²) in [5, 5.41) is 4.86. The number of hydrogen-bond donors (Lipinski definition) is 0. The Morgan fingerprint density at radius 2 is 1.96 bits per heavy atom. The first-order chi connectivity index (χ1) is 11.2. The minimum absolute atomic E-state index is 0.0503. The highest BCUT2D eigenvalue weighted by molar-refractivity contribution is 6.30. The number of halogens is 1. The molecule has 0 bridgehead atoms. The summed E-state index contributed by atoms with van der Waals surface area (Å²) in [5.74, 6) is 0.873. The number of amides is 1. The molecule has 0 unspecified atom stereocenters. The Morgan fingerprint density at radius 3 is 2.61 bits per heavy atom. The molecule has 0 atom stereocenters. The van der Waals surface area contributed by atoms with Crippen LogP contribution in [0.3, 0.4) is 0 Å². The largest absolute Gasteiger partial charge is 0.490 e. The highest BCUT2D eigenvalue weighted by atomic mass is 35.5. The van der Waals surface area contributed by atoms with E-state index in [9.17, 15) is 4.79 Å². The van der Waals surface area contributed by atoms with E-state index in [2.05, 4.69) is 5.10 Å². The zero-order valence-corrected chi connectivity index (χ0v) is 13.9. The summed E-state index contributed by atoms with van der Waals surface area (Å²) in [6.45, 7) is 4.08. The number of aromatic nitrogens is 2. The molecule has 6 heteroatoms. The van der Waals surface area contributed by atoms with Gasteiger partial charge in [-0.15, -0.1) is 0 Å². The van der Waals surface area contributed by atoms with Gasteiger partial charge in [0.15, 0.2) is 0 Å². The Kier molecular flexibility index (Phi) is 4.86. The van der Waals surface area contributed by atoms with Crippen LogP contribution in [-0.4, -0.2) is 39.8 Å². The number of carbonyl (C=O) groups is 1. The Morgan fingerprint density at radius 1 is 1.26 bits per heavy atom. The van der Waals surface area contributed by atoms with Crippen LogP contribution in [0.2, 0.25) is 5.02 Å². The van der Waals surface area contributed by atoms with Crippen LogP contribution in [-0.2, 0) is 6.54 Å². The van der Waals surface area contributed by atoms with Crippen LogP contribution < -0.4 is 4.74 Å². The molecular weight excluding hydrogens is 314 g/mol. The highest BCUT2D eigenvalue weighted by Gasteiger charge is 2.26. The number of hydrogen-bond acceptors (Lipinski definition) is 3. The van der Waals surface area contributed by atoms with E-state index >= 15 is 0 Å². The Hall–Kier alpha value is -2.01. The lowest BCUT2D eigenvalue weighted by molar-refractivity contribution is 0.0584. The van der Waals surface area contributed by atoms with Gasteiger partial charge in [0, 0.05) is 43.7 Å². The van der Waals surface area contributed by atoms with E-state index in [0.29, 0.717) is 30.4 Å². The van der Waals surface area contributed by atoms with Crippen LogP contribution in [0.15, 0.2) is 36.5 Å². The van der Waals surface area contributed by atoms with Crippen molar-refractivity contribution < 1.29 is 9.53 Å². The SMILES string of the molecule is CCn1nccc1C(=O)N1CCC(Oc2ccc(Cl)cc2)CC1. The zero-order chi connectivity index (χ0) is 16.2. The second kappa shape index (κ2) is 7.04. The van der Waals surface area contributed by atoms with Crippen molar-refractivity contribution in [3.63, 3.8) is 0 Å². The topological polar surface area (TPSA) is 47.4 Å². The van der Waals surface area contributed by atoms with Crippen molar-refractivity contribution in [1.82, 2.24) is 14.7 Å². The number of aryl methyl sites for hydroxylation is 1. The smallest absolute Gasteiger partial charge is 0.272 e. The Balaban J connectivity index is 1.56. The average molecular weight is 334 g/mol. The molecular formula is C17H20ClN3O2. The predicted molar refractivity (Wildman–Crippen MR) is 88.9 cm³/mol. The van der Waals surface area contributed by atoms with Crippen LogP contribution in [0.25, 0.3) is 0 Å². The van der Waals surface area contributed by atoms with Crippen LogP contribution in [0, 0.1) is 0 Å². The van der Waals surface area contributed by atoms with Crippen molar-refractivity contribution in [3.8, 4) is 5.75 Å². The number of carbonyl (C=O) groups excluding carboxylic acids is 1. The summed E-state index contributed by atoms with van der Waals surface area (Å²) < 4.78 is 7.69. The molecule has 23 heavy (non-hydrogen) atoms. The van der Waals surface area contributed by atoms with Gasteiger partial charge in [-0.3, -0.25) is 9.48 Å². The number of rotatable bonds is 4. The summed E-state index contributed by atoms with van der Waals surface area (Å²) >= 11 is 5.88. The van der Waals surface area contributed by atoms with Gasteiger partial charge in [-0.05, 0) is 37.3 Å². The second-order valence-corrected chi connectivity index (χ2v) is 6.03. The molecule has 0 radical (unpaired) electrons. The van der Waals surface area contributed by atoms with Gasteiger partial charge in [-0.1, -0.05) is 11.6 Å². The molecule has 1 aliphatic heterocycles. The molecule has 1 fully saturated rings. The normalized spacial score (nSPS) is 15.7. The number of likely N-dealkylation sites (tertiary alicyclic amines) is 1. The maximum absolute atomic E-state index is 12.6. The lowest BCUT2D eigenvalue weighted by Crippen LogP contribution is -2.42. The number of benzene rings is 1. The fraction of sp³-hybridized carbons (Fsp3) is 0.412. The molecule has 5 nitrogen and oxygen atoms in total. The van der Waals surface area contributed by atoms with Crippen LogP contribution in [0.5, 0.6) is 5.75 Å². The van der Waals surface area contributed by atoms with E-state index in [1.54, 1.807) is 16.9 Å². The zero-order valence-electron chi connectivity index (χ0n) is 13.1. The summed E-state index contributed by atoms with van der Waals surface area (Å²) in [6, 6.07) is 9.17. The first kappa shape index (κ1) is 15.9. The molecule has 1 saturated heterocycles. The highest BCUT2D eigenvalue weighted by Crippen LogP contribution is 2.21. The fourth-order valence-electron chi connectivity index (χ4n) is 2.81. The molecule has 1 amide bonds. The van der Waals surface area contributed by atoms with Gasteiger partial charge >= 0.3 is 0 Å². The third-order valence-electron chi connectivity index (χ3n) is 4.08. The fourth-order valence-corrected chi connectivity index (χ4v) is 2.94. The standard InChI is InChI=1S/C17H20ClN3O2/c1-2-21-16(7-10-19-21)17(22)20-11-8-15(9-12-20)23-14-5-3-13(18)4-6-14/h3-7,10,15H,2,8-9,11-12H2,1H3. The molecule has 1 aliphatic rings. The maximum atomic E-state index is 12.6. The summed E-state index contributed by atoms with van der Waals surface area (Å²) in [7, 11) is 0. The quantitative estimate of drug-likeness (QED) is 0.863. The van der Waals surface area contributed by atoms with Crippen molar-refractivity contribution in [2.45, 2.75) is 32.4 Å². The minimum Gasteiger partial charge on any atom is -0.490 e. The van der Waals surface area contributed by atoms with Gasteiger partial charge in [0.05, 0.1) is 0 Å². The molecule has 0 spiro atoms. The number of ether oxygens (including phenoxy) is 1.